The molecule has 0 aliphatic rings. The number of nitrogens with zero attached hydrogens (tertiary/aromatic N) is 1. The van der Waals surface area contributed by atoms with E-state index in [9.17, 15) is 23.3 Å². The predicted molar refractivity (Wildman–Crippen MR) is 144 cm³/mol. The van der Waals surface area contributed by atoms with E-state index in [2.05, 4.69) is 6.92 Å². The van der Waals surface area contributed by atoms with Gasteiger partial charge in [-0.2, -0.15) is 8.42 Å². The van der Waals surface area contributed by atoms with Crippen LogP contribution >= 0.6 is 0 Å². The first kappa shape index (κ1) is 31.4. The number of carbonyl (C=O) groups is 1. The average molecular weight is 550 g/mol. The van der Waals surface area contributed by atoms with Gasteiger partial charge in [0.2, 0.25) is 0 Å². The molecule has 0 bridgehead atoms. The van der Waals surface area contributed by atoms with E-state index in [1.165, 1.54) is 38.5 Å². The summed E-state index contributed by atoms with van der Waals surface area (Å²) in [6.45, 7) is 1.85. The van der Waals surface area contributed by atoms with Gasteiger partial charge in [-0.15, -0.1) is 0 Å². The lowest BCUT2D eigenvalue weighted by Gasteiger charge is -2.18. The number of ether oxygens (including phenoxy) is 2. The molecule has 0 N–H and O–H groups in total. The standard InChI is InChI=1S/C28H39NO8S/c1-2-3-4-5-6-7-8-9-13-16-28(30)36-22-26(35-21-24-14-11-10-12-15-24)23-37-38(33,34)27-19-17-25(18-20-27)29(31)32/h10-12,14-15,17-20,26H,2-9,13,16,21-23H2,1H3/t26-/m1/s1. The predicted octanol–water partition coefficient (Wildman–Crippen LogP) is 6.35. The molecule has 0 saturated carbocycles. The summed E-state index contributed by atoms with van der Waals surface area (Å²) in [5.41, 5.74) is 0.642. The number of hydrogen-bond donors (Lipinski definition) is 0. The Morgan fingerprint density at radius 2 is 1.47 bits per heavy atom. The van der Waals surface area contributed by atoms with Gasteiger partial charge in [-0.1, -0.05) is 88.6 Å². The van der Waals surface area contributed by atoms with Crippen molar-refractivity contribution in [3.8, 4) is 0 Å². The molecule has 0 radical (unpaired) electrons. The van der Waals surface area contributed by atoms with Crippen LogP contribution in [0.2, 0.25) is 0 Å². The molecule has 38 heavy (non-hydrogen) atoms. The molecule has 2 aromatic rings. The summed E-state index contributed by atoms with van der Waals surface area (Å²) in [6, 6.07) is 13.7. The fourth-order valence-corrected chi connectivity index (χ4v) is 4.68. The van der Waals surface area contributed by atoms with E-state index >= 15 is 0 Å². The normalized spacial score (nSPS) is 12.2. The number of nitro groups is 1. The maximum Gasteiger partial charge on any atom is 0.305 e. The minimum absolute atomic E-state index is 0.154. The molecule has 210 valence electrons. The van der Waals surface area contributed by atoms with Crippen LogP contribution in [0.5, 0.6) is 0 Å². The van der Waals surface area contributed by atoms with Gasteiger partial charge in [0.15, 0.2) is 0 Å². The van der Waals surface area contributed by atoms with Gasteiger partial charge in [-0.3, -0.25) is 19.1 Å². The summed E-state index contributed by atoms with van der Waals surface area (Å²) in [5, 5.41) is 10.8. The van der Waals surface area contributed by atoms with Crippen LogP contribution in [-0.4, -0.2) is 38.6 Å². The summed E-state index contributed by atoms with van der Waals surface area (Å²) in [7, 11) is -4.19. The molecule has 2 rings (SSSR count). The highest BCUT2D eigenvalue weighted by Crippen LogP contribution is 2.18. The van der Waals surface area contributed by atoms with Gasteiger partial charge < -0.3 is 9.47 Å². The van der Waals surface area contributed by atoms with E-state index in [1.54, 1.807) is 0 Å². The molecule has 0 spiro atoms. The van der Waals surface area contributed by atoms with Crippen molar-refractivity contribution in [1.29, 1.82) is 0 Å². The lowest BCUT2D eigenvalue weighted by molar-refractivity contribution is -0.384. The number of nitro benzene ring substituents is 1. The smallest absolute Gasteiger partial charge is 0.305 e. The van der Waals surface area contributed by atoms with Crippen LogP contribution < -0.4 is 0 Å². The number of rotatable bonds is 20. The second-order valence-electron chi connectivity index (χ2n) is 9.17. The number of hydrogen-bond acceptors (Lipinski definition) is 8. The second kappa shape index (κ2) is 17.6. The zero-order chi connectivity index (χ0) is 27.6. The fraction of sp³-hybridized carbons (Fsp3) is 0.536. The van der Waals surface area contributed by atoms with Crippen molar-refractivity contribution >= 4 is 21.8 Å². The molecule has 2 aromatic carbocycles. The van der Waals surface area contributed by atoms with E-state index in [-0.39, 0.29) is 36.4 Å². The van der Waals surface area contributed by atoms with Crippen molar-refractivity contribution in [2.75, 3.05) is 13.2 Å². The molecule has 0 heterocycles. The molecule has 0 aliphatic heterocycles. The number of benzene rings is 2. The Labute approximate surface area is 225 Å². The maximum absolute atomic E-state index is 12.6. The zero-order valence-electron chi connectivity index (χ0n) is 22.1. The maximum atomic E-state index is 12.6. The van der Waals surface area contributed by atoms with Gasteiger partial charge in [-0.05, 0) is 24.1 Å². The number of unbranched alkanes of at least 4 members (excludes halogenated alkanes) is 8. The minimum Gasteiger partial charge on any atom is -0.463 e. The van der Waals surface area contributed by atoms with E-state index in [4.69, 9.17) is 13.7 Å². The first-order chi connectivity index (χ1) is 18.3. The summed E-state index contributed by atoms with van der Waals surface area (Å²) in [6.07, 6.45) is 9.76. The number of carbonyl (C=O) groups excluding carboxylic acids is 1. The third-order valence-corrected chi connectivity index (χ3v) is 7.28. The monoisotopic (exact) mass is 549 g/mol. The van der Waals surface area contributed by atoms with Crippen LogP contribution in [0.15, 0.2) is 59.5 Å². The van der Waals surface area contributed by atoms with Crippen LogP contribution in [0.4, 0.5) is 5.69 Å². The topological polar surface area (TPSA) is 122 Å². The third-order valence-electron chi connectivity index (χ3n) is 5.99. The van der Waals surface area contributed by atoms with Crippen LogP contribution in [-0.2, 0) is 35.2 Å². The summed E-state index contributed by atoms with van der Waals surface area (Å²) < 4.78 is 41.5. The second-order valence-corrected chi connectivity index (χ2v) is 10.8. The third kappa shape index (κ3) is 12.6. The van der Waals surface area contributed by atoms with Crippen LogP contribution in [0.3, 0.4) is 0 Å². The van der Waals surface area contributed by atoms with Gasteiger partial charge in [0.05, 0.1) is 23.0 Å². The lowest BCUT2D eigenvalue weighted by Crippen LogP contribution is -2.28. The molecule has 10 heteroatoms. The van der Waals surface area contributed by atoms with Crippen molar-refractivity contribution in [1.82, 2.24) is 0 Å². The minimum atomic E-state index is -4.19. The lowest BCUT2D eigenvalue weighted by atomic mass is 10.1. The highest BCUT2D eigenvalue weighted by Gasteiger charge is 2.21. The molecule has 9 nitrogen and oxygen atoms in total. The molecule has 0 amide bonds. The van der Waals surface area contributed by atoms with Gasteiger partial charge in [0, 0.05) is 18.6 Å². The number of esters is 1. The van der Waals surface area contributed by atoms with Gasteiger partial charge in [0.25, 0.3) is 15.8 Å². The molecule has 0 fully saturated rings. The van der Waals surface area contributed by atoms with Crippen LogP contribution in [0.25, 0.3) is 0 Å². The summed E-state index contributed by atoms with van der Waals surface area (Å²) in [5.74, 6) is -0.362. The summed E-state index contributed by atoms with van der Waals surface area (Å²) in [4.78, 5) is 22.2. The quantitative estimate of drug-likeness (QED) is 0.0616. The van der Waals surface area contributed by atoms with Crippen molar-refractivity contribution in [2.45, 2.75) is 88.7 Å². The van der Waals surface area contributed by atoms with Crippen molar-refractivity contribution in [3.63, 3.8) is 0 Å². The Kier molecular flexibility index (Phi) is 14.6. The van der Waals surface area contributed by atoms with E-state index in [0.29, 0.717) is 6.42 Å². The first-order valence-corrected chi connectivity index (χ1v) is 14.7. The fourth-order valence-electron chi connectivity index (χ4n) is 3.74. The van der Waals surface area contributed by atoms with E-state index < -0.39 is 21.1 Å². The van der Waals surface area contributed by atoms with Gasteiger partial charge >= 0.3 is 5.97 Å². The average Bonchev–Trinajstić information content (AvgIpc) is 2.92. The summed E-state index contributed by atoms with van der Waals surface area (Å²) >= 11 is 0. The largest absolute Gasteiger partial charge is 0.463 e. The molecule has 0 aliphatic carbocycles. The Morgan fingerprint density at radius 1 is 0.868 bits per heavy atom. The first-order valence-electron chi connectivity index (χ1n) is 13.3. The van der Waals surface area contributed by atoms with Crippen LogP contribution in [0.1, 0.15) is 76.7 Å². The number of non-ortho nitro benzene ring substituents is 1. The van der Waals surface area contributed by atoms with Gasteiger partial charge in [0.1, 0.15) is 12.7 Å². The van der Waals surface area contributed by atoms with Gasteiger partial charge in [-0.25, -0.2) is 0 Å². The SMILES string of the molecule is CCCCCCCCCCCC(=O)OC[C@H](COS(=O)(=O)c1ccc([N+](=O)[O-])cc1)OCc1ccccc1. The highest BCUT2D eigenvalue weighted by atomic mass is 32.2. The van der Waals surface area contributed by atoms with Crippen molar-refractivity contribution in [3.05, 3.63) is 70.3 Å². The highest BCUT2D eigenvalue weighted by molar-refractivity contribution is 7.86. The Balaban J connectivity index is 1.81. The molecular weight excluding hydrogens is 510 g/mol. The molecule has 1 atom stereocenters. The molecule has 0 unspecified atom stereocenters. The molecular formula is C28H39NO8S. The Morgan fingerprint density at radius 3 is 2.08 bits per heavy atom. The molecule has 0 aromatic heterocycles. The van der Waals surface area contributed by atoms with E-state index in [1.807, 2.05) is 30.3 Å². The van der Waals surface area contributed by atoms with Crippen molar-refractivity contribution in [2.24, 2.45) is 0 Å². The van der Waals surface area contributed by atoms with Crippen LogP contribution in [0, 0.1) is 10.1 Å². The van der Waals surface area contributed by atoms with E-state index in [0.717, 1.165) is 49.1 Å². The zero-order valence-corrected chi connectivity index (χ0v) is 22.9. The Bertz CT molecular complexity index is 1060. The van der Waals surface area contributed by atoms with Crippen molar-refractivity contribution < 1.29 is 31.8 Å². The Hall–Kier alpha value is -2.82. The molecule has 0 saturated heterocycles.